The smallest absolute Gasteiger partial charge is 0.164 e. The van der Waals surface area contributed by atoms with Crippen molar-refractivity contribution in [1.29, 1.82) is 0 Å². The minimum atomic E-state index is 0.372. The Bertz CT molecular complexity index is 569. The number of aryl methyl sites for hydroxylation is 1. The number of ether oxygens (including phenoxy) is 2. The molecule has 1 N–H and O–H groups in total. The van der Waals surface area contributed by atoms with Gasteiger partial charge in [-0.2, -0.15) is 5.10 Å². The van der Waals surface area contributed by atoms with E-state index in [2.05, 4.69) is 22.3 Å². The quantitative estimate of drug-likeness (QED) is 0.805. The van der Waals surface area contributed by atoms with Gasteiger partial charge in [-0.3, -0.25) is 0 Å². The van der Waals surface area contributed by atoms with Crippen LogP contribution in [0.4, 0.5) is 0 Å². The molecule has 2 aromatic rings. The maximum atomic E-state index is 5.81. The van der Waals surface area contributed by atoms with Crippen molar-refractivity contribution in [2.24, 2.45) is 0 Å². The van der Waals surface area contributed by atoms with Crippen LogP contribution in [0.25, 0.3) is 0 Å². The number of rotatable bonds is 8. The number of benzene rings is 1. The summed E-state index contributed by atoms with van der Waals surface area (Å²) in [5.74, 6) is 2.24. The first-order valence-electron chi connectivity index (χ1n) is 7.15. The van der Waals surface area contributed by atoms with Crippen LogP contribution in [0.3, 0.4) is 0 Å². The van der Waals surface area contributed by atoms with Crippen LogP contribution in [0.5, 0.6) is 11.5 Å². The van der Waals surface area contributed by atoms with Gasteiger partial charge in [0.2, 0.25) is 0 Å². The molecule has 0 amide bonds. The van der Waals surface area contributed by atoms with Gasteiger partial charge in [-0.15, -0.1) is 0 Å². The molecule has 6 nitrogen and oxygen atoms in total. The zero-order chi connectivity index (χ0) is 15.1. The summed E-state index contributed by atoms with van der Waals surface area (Å²) >= 11 is 0. The second kappa shape index (κ2) is 7.64. The fourth-order valence-corrected chi connectivity index (χ4v) is 2.02. The van der Waals surface area contributed by atoms with E-state index in [0.717, 1.165) is 36.8 Å². The van der Waals surface area contributed by atoms with E-state index < -0.39 is 0 Å². The molecule has 1 heterocycles. The van der Waals surface area contributed by atoms with E-state index in [-0.39, 0.29) is 0 Å². The van der Waals surface area contributed by atoms with Crippen molar-refractivity contribution in [3.8, 4) is 11.5 Å². The summed E-state index contributed by atoms with van der Waals surface area (Å²) in [7, 11) is 1.65. The van der Waals surface area contributed by atoms with Gasteiger partial charge in [-0.05, 0) is 31.2 Å². The fourth-order valence-electron chi connectivity index (χ4n) is 2.02. The molecule has 21 heavy (non-hydrogen) atoms. The Balaban J connectivity index is 2.05. The number of nitrogens with one attached hydrogen (secondary N) is 1. The van der Waals surface area contributed by atoms with E-state index in [1.54, 1.807) is 13.4 Å². The van der Waals surface area contributed by atoms with E-state index in [4.69, 9.17) is 9.47 Å². The summed E-state index contributed by atoms with van der Waals surface area (Å²) in [5, 5.41) is 7.41. The van der Waals surface area contributed by atoms with Crippen molar-refractivity contribution >= 4 is 0 Å². The number of hydrogen-bond acceptors (Lipinski definition) is 5. The van der Waals surface area contributed by atoms with Crippen LogP contribution in [-0.4, -0.2) is 28.4 Å². The van der Waals surface area contributed by atoms with Gasteiger partial charge in [-0.25, -0.2) is 9.67 Å². The van der Waals surface area contributed by atoms with Gasteiger partial charge in [0.25, 0.3) is 0 Å². The lowest BCUT2D eigenvalue weighted by molar-refractivity contribution is 0.269. The predicted octanol–water partition coefficient (Wildman–Crippen LogP) is 2.00. The van der Waals surface area contributed by atoms with Crippen molar-refractivity contribution in [3.63, 3.8) is 0 Å². The van der Waals surface area contributed by atoms with Gasteiger partial charge in [0.05, 0.1) is 7.11 Å². The van der Waals surface area contributed by atoms with Gasteiger partial charge in [0, 0.05) is 13.1 Å². The highest BCUT2D eigenvalue weighted by atomic mass is 16.5. The second-order valence-electron chi connectivity index (χ2n) is 4.55. The van der Waals surface area contributed by atoms with Crippen molar-refractivity contribution < 1.29 is 9.47 Å². The Hall–Kier alpha value is -2.08. The van der Waals surface area contributed by atoms with Crippen LogP contribution in [0.1, 0.15) is 25.2 Å². The lowest BCUT2D eigenvalue weighted by Gasteiger charge is -2.12. The largest absolute Gasteiger partial charge is 0.493 e. The Labute approximate surface area is 125 Å². The fraction of sp³-hybridized carbons (Fsp3) is 0.467. The number of hydrogen-bond donors (Lipinski definition) is 1. The van der Waals surface area contributed by atoms with Gasteiger partial charge in [0.1, 0.15) is 12.9 Å². The molecule has 0 aliphatic carbocycles. The zero-order valence-electron chi connectivity index (χ0n) is 12.8. The summed E-state index contributed by atoms with van der Waals surface area (Å²) < 4.78 is 13.0. The lowest BCUT2D eigenvalue weighted by Crippen LogP contribution is -2.12. The van der Waals surface area contributed by atoms with Crippen LogP contribution in [0.2, 0.25) is 0 Å². The highest BCUT2D eigenvalue weighted by Crippen LogP contribution is 2.28. The van der Waals surface area contributed by atoms with Crippen molar-refractivity contribution in [2.45, 2.75) is 33.5 Å². The summed E-state index contributed by atoms with van der Waals surface area (Å²) in [4.78, 5) is 4.19. The van der Waals surface area contributed by atoms with Gasteiger partial charge in [0.15, 0.2) is 17.3 Å². The Kier molecular flexibility index (Phi) is 5.57. The first-order valence-corrected chi connectivity index (χ1v) is 7.15. The molecule has 0 bridgehead atoms. The van der Waals surface area contributed by atoms with Gasteiger partial charge >= 0.3 is 0 Å². The lowest BCUT2D eigenvalue weighted by atomic mass is 10.2. The van der Waals surface area contributed by atoms with E-state index in [9.17, 15) is 0 Å². The normalized spacial score (nSPS) is 10.6. The molecule has 6 heteroatoms. The molecule has 0 aliphatic heterocycles. The van der Waals surface area contributed by atoms with Crippen LogP contribution >= 0.6 is 0 Å². The number of nitrogens with zero attached hydrogens (tertiary/aromatic N) is 3. The Morgan fingerprint density at radius 3 is 2.81 bits per heavy atom. The molecule has 0 saturated carbocycles. The zero-order valence-corrected chi connectivity index (χ0v) is 12.8. The number of methoxy groups -OCH3 is 1. The van der Waals surface area contributed by atoms with Crippen molar-refractivity contribution in [1.82, 2.24) is 20.1 Å². The van der Waals surface area contributed by atoms with Crippen molar-refractivity contribution in [3.05, 3.63) is 35.9 Å². The van der Waals surface area contributed by atoms with E-state index in [0.29, 0.717) is 12.4 Å². The van der Waals surface area contributed by atoms with Crippen LogP contribution in [-0.2, 0) is 19.7 Å². The predicted molar refractivity (Wildman–Crippen MR) is 80.4 cm³/mol. The highest BCUT2D eigenvalue weighted by molar-refractivity contribution is 5.43. The Morgan fingerprint density at radius 2 is 2.10 bits per heavy atom. The first kappa shape index (κ1) is 15.3. The van der Waals surface area contributed by atoms with Crippen LogP contribution < -0.4 is 14.8 Å². The molecule has 114 valence electrons. The average Bonchev–Trinajstić information content (AvgIpc) is 2.98. The first-order chi connectivity index (χ1) is 10.3. The third-order valence-corrected chi connectivity index (χ3v) is 3.16. The highest BCUT2D eigenvalue weighted by Gasteiger charge is 2.08. The number of aromatic nitrogens is 3. The molecule has 0 radical (unpaired) electrons. The molecule has 0 unspecified atom stereocenters. The minimum absolute atomic E-state index is 0.372. The monoisotopic (exact) mass is 290 g/mol. The molecular weight excluding hydrogens is 268 g/mol. The van der Waals surface area contributed by atoms with Crippen LogP contribution in [0.15, 0.2) is 24.5 Å². The van der Waals surface area contributed by atoms with Crippen molar-refractivity contribution in [2.75, 3.05) is 13.7 Å². The van der Waals surface area contributed by atoms with E-state index >= 15 is 0 Å². The third-order valence-electron chi connectivity index (χ3n) is 3.16. The molecule has 0 atom stereocenters. The maximum Gasteiger partial charge on any atom is 0.164 e. The van der Waals surface area contributed by atoms with Gasteiger partial charge in [-0.1, -0.05) is 13.0 Å². The molecule has 0 spiro atoms. The molecule has 0 saturated heterocycles. The molecule has 0 fully saturated rings. The Morgan fingerprint density at radius 1 is 1.24 bits per heavy atom. The summed E-state index contributed by atoms with van der Waals surface area (Å²) in [6, 6.07) is 5.95. The topological polar surface area (TPSA) is 61.2 Å². The van der Waals surface area contributed by atoms with Crippen LogP contribution in [0, 0.1) is 0 Å². The van der Waals surface area contributed by atoms with E-state index in [1.165, 1.54) is 0 Å². The second-order valence-corrected chi connectivity index (χ2v) is 4.55. The summed E-state index contributed by atoms with van der Waals surface area (Å²) in [5.41, 5.74) is 1.16. The van der Waals surface area contributed by atoms with Gasteiger partial charge < -0.3 is 14.8 Å². The molecule has 1 aromatic heterocycles. The molecule has 1 aromatic carbocycles. The maximum absolute atomic E-state index is 5.81. The molecular formula is C15H22N4O2. The van der Waals surface area contributed by atoms with E-state index in [1.807, 2.05) is 29.8 Å². The average molecular weight is 290 g/mol. The summed E-state index contributed by atoms with van der Waals surface area (Å²) in [6.07, 6.45) is 1.54. The molecule has 2 rings (SSSR count). The summed E-state index contributed by atoms with van der Waals surface area (Å²) in [6.45, 7) is 7.01. The standard InChI is InChI=1S/C15H22N4O2/c1-4-16-9-12-6-7-13(14(8-12)20-3)21-10-15-17-11-18-19(15)5-2/h6-8,11,16H,4-5,9-10H2,1-3H3. The third kappa shape index (κ3) is 3.95. The SMILES string of the molecule is CCNCc1ccc(OCc2ncnn2CC)c(OC)c1. The minimum Gasteiger partial charge on any atom is -0.493 e. The molecule has 0 aliphatic rings.